The van der Waals surface area contributed by atoms with Crippen molar-refractivity contribution in [1.82, 2.24) is 19.5 Å². The van der Waals surface area contributed by atoms with Crippen molar-refractivity contribution in [1.29, 1.82) is 0 Å². The Balaban J connectivity index is 1.07. The van der Waals surface area contributed by atoms with E-state index in [4.69, 9.17) is 23.8 Å². The summed E-state index contributed by atoms with van der Waals surface area (Å²) >= 11 is 0. The average molecular weight is 781 g/mol. The molecule has 0 amide bonds. The van der Waals surface area contributed by atoms with Crippen LogP contribution in [0, 0.1) is 0 Å². The summed E-state index contributed by atoms with van der Waals surface area (Å²) in [6.45, 7) is 0. The summed E-state index contributed by atoms with van der Waals surface area (Å²) in [5.41, 5.74) is 11.7. The van der Waals surface area contributed by atoms with E-state index >= 15 is 0 Å². The van der Waals surface area contributed by atoms with Crippen LogP contribution < -0.4 is 0 Å². The van der Waals surface area contributed by atoms with Crippen LogP contribution >= 0.6 is 0 Å². The molecule has 0 aliphatic rings. The van der Waals surface area contributed by atoms with Gasteiger partial charge in [0, 0.05) is 49.0 Å². The van der Waals surface area contributed by atoms with Gasteiger partial charge in [0.05, 0.1) is 11.0 Å². The highest BCUT2D eigenvalue weighted by molar-refractivity contribution is 6.19. The molecule has 13 rings (SSSR count). The number of nitrogens with zero attached hydrogens (tertiary/aromatic N) is 4. The molecule has 0 aliphatic carbocycles. The Labute approximate surface area is 348 Å². The van der Waals surface area contributed by atoms with Gasteiger partial charge < -0.3 is 8.83 Å². The van der Waals surface area contributed by atoms with Crippen LogP contribution in [0.5, 0.6) is 0 Å². The lowest BCUT2D eigenvalue weighted by Gasteiger charge is -2.15. The third kappa shape index (κ3) is 5.12. The first-order chi connectivity index (χ1) is 30.2. The molecule has 4 aromatic heterocycles. The minimum Gasteiger partial charge on any atom is -0.456 e. The summed E-state index contributed by atoms with van der Waals surface area (Å²) in [6.07, 6.45) is 0. The highest BCUT2D eigenvalue weighted by Crippen LogP contribution is 2.44. The molecule has 4 heterocycles. The van der Waals surface area contributed by atoms with Gasteiger partial charge in [-0.25, -0.2) is 4.98 Å². The van der Waals surface area contributed by atoms with Crippen molar-refractivity contribution in [3.05, 3.63) is 194 Å². The maximum Gasteiger partial charge on any atom is 0.238 e. The van der Waals surface area contributed by atoms with Gasteiger partial charge in [0.25, 0.3) is 0 Å². The van der Waals surface area contributed by atoms with Gasteiger partial charge in [-0.1, -0.05) is 158 Å². The summed E-state index contributed by atoms with van der Waals surface area (Å²) in [4.78, 5) is 15.7. The maximum absolute atomic E-state index is 6.34. The minimum atomic E-state index is 0.534. The second kappa shape index (κ2) is 13.1. The third-order valence-corrected chi connectivity index (χ3v) is 12.1. The predicted octanol–water partition coefficient (Wildman–Crippen LogP) is 14.6. The monoisotopic (exact) mass is 780 g/mol. The zero-order valence-electron chi connectivity index (χ0n) is 32.6. The number of furan rings is 2. The maximum atomic E-state index is 6.34. The van der Waals surface area contributed by atoms with Crippen LogP contribution in [0.4, 0.5) is 0 Å². The molecule has 284 valence electrons. The van der Waals surface area contributed by atoms with Crippen LogP contribution in [0.1, 0.15) is 0 Å². The topological polar surface area (TPSA) is 69.9 Å². The number of para-hydroxylation sites is 4. The number of aromatic nitrogens is 4. The number of rotatable bonds is 5. The number of benzene rings is 9. The highest BCUT2D eigenvalue weighted by Gasteiger charge is 2.22. The van der Waals surface area contributed by atoms with E-state index in [1.807, 2.05) is 66.7 Å². The first-order valence-electron chi connectivity index (χ1n) is 20.4. The summed E-state index contributed by atoms with van der Waals surface area (Å²) in [7, 11) is 0. The summed E-state index contributed by atoms with van der Waals surface area (Å²) in [6, 6.07) is 67.5. The molecule has 0 saturated carbocycles. The molecule has 0 radical (unpaired) electrons. The molecule has 6 heteroatoms. The van der Waals surface area contributed by atoms with Crippen molar-refractivity contribution in [2.75, 3.05) is 0 Å². The van der Waals surface area contributed by atoms with Gasteiger partial charge >= 0.3 is 0 Å². The molecular formula is C55H32N4O2. The standard InChI is InChI=1S/C55H32N4O2/c1-2-14-33(15-3-1)53-56-54(34-30-31-41-40-17-5-8-27-47(40)61-50(41)32-34)58-55(57-53)59-46-26-7-4-16-39(46)44-25-12-24-43(52(44)59)38-22-11-19-35-36(38)20-10-21-37(35)42-23-13-29-49-51(42)45-18-6-9-28-48(45)60-49/h1-32H. The Morgan fingerprint density at radius 3 is 1.67 bits per heavy atom. The lowest BCUT2D eigenvalue weighted by molar-refractivity contribution is 0.668. The SMILES string of the molecule is c1ccc(-c2nc(-c3ccc4c(c3)oc3ccccc34)nc(-n3c4ccccc4c4cccc(-c5cccc6c(-c7cccc8oc9ccccc9c78)cccc56)c43)n2)cc1. The second-order valence-corrected chi connectivity index (χ2v) is 15.5. The van der Waals surface area contributed by atoms with Gasteiger partial charge in [-0.15, -0.1) is 0 Å². The largest absolute Gasteiger partial charge is 0.456 e. The molecular weight excluding hydrogens is 749 g/mol. The number of fused-ring (bicyclic) bond motifs is 10. The van der Waals surface area contributed by atoms with Crippen LogP contribution in [0.2, 0.25) is 0 Å². The van der Waals surface area contributed by atoms with Crippen molar-refractivity contribution in [2.45, 2.75) is 0 Å². The Hall–Kier alpha value is -8.35. The van der Waals surface area contributed by atoms with E-state index in [9.17, 15) is 0 Å². The smallest absolute Gasteiger partial charge is 0.238 e. The van der Waals surface area contributed by atoms with Gasteiger partial charge in [-0.05, 0) is 63.9 Å². The first-order valence-corrected chi connectivity index (χ1v) is 20.4. The summed E-state index contributed by atoms with van der Waals surface area (Å²) in [5, 5.41) is 8.90. The molecule has 0 spiro atoms. The normalized spacial score (nSPS) is 11.9. The molecule has 9 aromatic carbocycles. The Morgan fingerprint density at radius 1 is 0.328 bits per heavy atom. The second-order valence-electron chi connectivity index (χ2n) is 15.5. The van der Waals surface area contributed by atoms with Crippen molar-refractivity contribution in [2.24, 2.45) is 0 Å². The van der Waals surface area contributed by atoms with E-state index in [2.05, 4.69) is 132 Å². The summed E-state index contributed by atoms with van der Waals surface area (Å²) < 4.78 is 14.9. The van der Waals surface area contributed by atoms with E-state index in [1.165, 1.54) is 0 Å². The minimum absolute atomic E-state index is 0.534. The zero-order valence-corrected chi connectivity index (χ0v) is 32.6. The van der Waals surface area contributed by atoms with Crippen LogP contribution in [-0.2, 0) is 0 Å². The zero-order chi connectivity index (χ0) is 40.0. The van der Waals surface area contributed by atoms with Crippen LogP contribution in [0.25, 0.3) is 127 Å². The van der Waals surface area contributed by atoms with Crippen LogP contribution in [-0.4, -0.2) is 19.5 Å². The molecule has 0 bridgehead atoms. The molecule has 0 unspecified atom stereocenters. The van der Waals surface area contributed by atoms with E-state index < -0.39 is 0 Å². The van der Waals surface area contributed by atoms with Crippen molar-refractivity contribution in [3.63, 3.8) is 0 Å². The summed E-state index contributed by atoms with van der Waals surface area (Å²) in [5.74, 6) is 1.68. The number of hydrogen-bond acceptors (Lipinski definition) is 5. The third-order valence-electron chi connectivity index (χ3n) is 12.1. The van der Waals surface area contributed by atoms with Crippen molar-refractivity contribution >= 4 is 76.5 Å². The van der Waals surface area contributed by atoms with E-state index in [0.29, 0.717) is 17.6 Å². The highest BCUT2D eigenvalue weighted by atomic mass is 16.3. The van der Waals surface area contributed by atoms with Gasteiger partial charge in [0.1, 0.15) is 22.3 Å². The van der Waals surface area contributed by atoms with Gasteiger partial charge in [0.2, 0.25) is 5.95 Å². The lowest BCUT2D eigenvalue weighted by atomic mass is 9.90. The fourth-order valence-corrected chi connectivity index (χ4v) is 9.40. The predicted molar refractivity (Wildman–Crippen MR) is 248 cm³/mol. The van der Waals surface area contributed by atoms with Crippen molar-refractivity contribution < 1.29 is 8.83 Å². The first kappa shape index (κ1) is 33.6. The van der Waals surface area contributed by atoms with Crippen LogP contribution in [0.15, 0.2) is 203 Å². The quantitative estimate of drug-likeness (QED) is 0.174. The van der Waals surface area contributed by atoms with Crippen LogP contribution in [0.3, 0.4) is 0 Å². The number of hydrogen-bond donors (Lipinski definition) is 0. The van der Waals surface area contributed by atoms with Gasteiger partial charge in [-0.2, -0.15) is 9.97 Å². The fourth-order valence-electron chi connectivity index (χ4n) is 9.40. The van der Waals surface area contributed by atoms with Crippen molar-refractivity contribution in [3.8, 4) is 51.0 Å². The van der Waals surface area contributed by atoms with E-state index in [0.717, 1.165) is 110 Å². The molecule has 0 aliphatic heterocycles. The Kier molecular flexibility index (Phi) is 7.21. The molecule has 0 saturated heterocycles. The molecule has 6 nitrogen and oxygen atoms in total. The molecule has 61 heavy (non-hydrogen) atoms. The molecule has 0 fully saturated rings. The Bertz CT molecular complexity index is 3900. The molecule has 0 atom stereocenters. The van der Waals surface area contributed by atoms with Gasteiger partial charge in [-0.3, -0.25) is 4.57 Å². The van der Waals surface area contributed by atoms with E-state index in [1.54, 1.807) is 0 Å². The average Bonchev–Trinajstić information content (AvgIpc) is 4.01. The fraction of sp³-hybridized carbons (Fsp3) is 0. The molecule has 13 aromatic rings. The van der Waals surface area contributed by atoms with Gasteiger partial charge in [0.15, 0.2) is 11.6 Å². The van der Waals surface area contributed by atoms with E-state index in [-0.39, 0.29) is 0 Å². The lowest BCUT2D eigenvalue weighted by Crippen LogP contribution is -2.07. The molecule has 0 N–H and O–H groups in total. The Morgan fingerprint density at radius 2 is 0.869 bits per heavy atom.